The smallest absolute Gasteiger partial charge is 0.250 e. The van der Waals surface area contributed by atoms with Crippen LogP contribution < -0.4 is 10.0 Å². The van der Waals surface area contributed by atoms with Crippen LogP contribution in [0.1, 0.15) is 78.1 Å². The number of carbonyl (C=O) groups excluding carboxylic acids is 1. The minimum absolute atomic E-state index is 0.164. The van der Waals surface area contributed by atoms with E-state index < -0.39 is 28.1 Å². The first kappa shape index (κ1) is 25.1. The molecule has 0 unspecified atom stereocenters. The predicted molar refractivity (Wildman–Crippen MR) is 115 cm³/mol. The molecule has 0 aromatic carbocycles. The zero-order valence-corrected chi connectivity index (χ0v) is 18.8. The van der Waals surface area contributed by atoms with Crippen LogP contribution in [0.25, 0.3) is 0 Å². The Labute approximate surface area is 174 Å². The van der Waals surface area contributed by atoms with Gasteiger partial charge in [-0.2, -0.15) is 0 Å². The van der Waals surface area contributed by atoms with E-state index in [0.29, 0.717) is 6.54 Å². The van der Waals surface area contributed by atoms with Gasteiger partial charge < -0.3 is 10.4 Å². The summed E-state index contributed by atoms with van der Waals surface area (Å²) in [5, 5.41) is 14.4. The van der Waals surface area contributed by atoms with E-state index in [1.54, 1.807) is 11.4 Å². The Kier molecular flexibility index (Phi) is 12.6. The average molecular weight is 433 g/mol. The molecule has 28 heavy (non-hydrogen) atoms. The van der Waals surface area contributed by atoms with Crippen molar-refractivity contribution in [2.24, 2.45) is 0 Å². The highest BCUT2D eigenvalue weighted by molar-refractivity contribution is 7.91. The molecule has 0 fully saturated rings. The number of amides is 1. The maximum Gasteiger partial charge on any atom is 0.250 e. The van der Waals surface area contributed by atoms with E-state index in [9.17, 15) is 18.3 Å². The van der Waals surface area contributed by atoms with Gasteiger partial charge in [0.15, 0.2) is 0 Å². The molecule has 6 nitrogen and oxygen atoms in total. The molecule has 0 bridgehead atoms. The lowest BCUT2D eigenvalue weighted by Gasteiger charge is -2.19. The van der Waals surface area contributed by atoms with E-state index in [-0.39, 0.29) is 4.21 Å². The molecule has 1 amide bonds. The van der Waals surface area contributed by atoms with E-state index in [1.165, 1.54) is 57.9 Å². The molecule has 0 aliphatic rings. The number of aliphatic hydroxyl groups excluding tert-OH is 1. The van der Waals surface area contributed by atoms with Gasteiger partial charge >= 0.3 is 0 Å². The number of rotatable bonds is 16. The van der Waals surface area contributed by atoms with Gasteiger partial charge in [-0.3, -0.25) is 4.79 Å². The van der Waals surface area contributed by atoms with Crippen molar-refractivity contribution >= 4 is 27.3 Å². The number of thiophene rings is 1. The molecule has 0 aliphatic heterocycles. The van der Waals surface area contributed by atoms with Crippen LogP contribution in [0.15, 0.2) is 21.7 Å². The fourth-order valence-corrected chi connectivity index (χ4v) is 5.20. The average Bonchev–Trinajstić information content (AvgIpc) is 3.20. The zero-order chi connectivity index (χ0) is 20.8. The van der Waals surface area contributed by atoms with Gasteiger partial charge in [-0.25, -0.2) is 13.1 Å². The topological polar surface area (TPSA) is 95.5 Å². The summed E-state index contributed by atoms with van der Waals surface area (Å²) >= 11 is 1.09. The Morgan fingerprint density at radius 1 is 1.07 bits per heavy atom. The van der Waals surface area contributed by atoms with Crippen molar-refractivity contribution in [3.8, 4) is 0 Å². The molecule has 1 aromatic heterocycles. The summed E-state index contributed by atoms with van der Waals surface area (Å²) in [6.07, 6.45) is 10.7. The minimum Gasteiger partial charge on any atom is -0.382 e. The third-order valence-electron chi connectivity index (χ3n) is 4.67. The predicted octanol–water partition coefficient (Wildman–Crippen LogP) is 3.81. The van der Waals surface area contributed by atoms with Crippen LogP contribution in [0.5, 0.6) is 0 Å². The molecular formula is C20H36N2O4S2. The number of hydrogen-bond acceptors (Lipinski definition) is 5. The van der Waals surface area contributed by atoms with Crippen LogP contribution in [0, 0.1) is 0 Å². The molecule has 3 N–H and O–H groups in total. The molecule has 0 saturated carbocycles. The summed E-state index contributed by atoms with van der Waals surface area (Å²) in [7, 11) is -3.71. The summed E-state index contributed by atoms with van der Waals surface area (Å²) in [5.41, 5.74) is 0. The monoisotopic (exact) mass is 432 g/mol. The normalized spacial score (nSPS) is 14.0. The molecular weight excluding hydrogens is 396 g/mol. The summed E-state index contributed by atoms with van der Waals surface area (Å²) in [6.45, 7) is 4.20. The lowest BCUT2D eigenvalue weighted by atomic mass is 10.1. The SMILES string of the molecule is CCCCCCCCCCCCNC(=O)[C@H](O)[C@H](C)NS(=O)(=O)c1cccs1. The second-order valence-corrected chi connectivity index (χ2v) is 10.1. The van der Waals surface area contributed by atoms with Crippen molar-refractivity contribution in [1.29, 1.82) is 0 Å². The zero-order valence-electron chi connectivity index (χ0n) is 17.2. The molecule has 162 valence electrons. The molecule has 8 heteroatoms. The highest BCUT2D eigenvalue weighted by Gasteiger charge is 2.27. The quantitative estimate of drug-likeness (QED) is 0.346. The van der Waals surface area contributed by atoms with Gasteiger partial charge in [-0.15, -0.1) is 11.3 Å². The number of nitrogens with one attached hydrogen (secondary N) is 2. The van der Waals surface area contributed by atoms with Crippen molar-refractivity contribution < 1.29 is 18.3 Å². The second kappa shape index (κ2) is 14.1. The Morgan fingerprint density at radius 3 is 2.18 bits per heavy atom. The van der Waals surface area contributed by atoms with Crippen molar-refractivity contribution in [3.63, 3.8) is 0 Å². The van der Waals surface area contributed by atoms with Gasteiger partial charge in [0.1, 0.15) is 10.3 Å². The lowest BCUT2D eigenvalue weighted by Crippen LogP contribution is -2.49. The van der Waals surface area contributed by atoms with Crippen LogP contribution in [-0.2, 0) is 14.8 Å². The highest BCUT2D eigenvalue weighted by Crippen LogP contribution is 2.16. The van der Waals surface area contributed by atoms with Gasteiger partial charge in [0.05, 0.1) is 6.04 Å². The number of carbonyl (C=O) groups is 1. The van der Waals surface area contributed by atoms with E-state index in [4.69, 9.17) is 0 Å². The van der Waals surface area contributed by atoms with Gasteiger partial charge in [0.2, 0.25) is 10.0 Å². The maximum atomic E-state index is 12.1. The number of hydrogen-bond donors (Lipinski definition) is 3. The first-order valence-corrected chi connectivity index (χ1v) is 12.8. The van der Waals surface area contributed by atoms with Gasteiger partial charge in [-0.05, 0) is 24.8 Å². The molecule has 2 atom stereocenters. The standard InChI is InChI=1S/C20H36N2O4S2/c1-3-4-5-6-7-8-9-10-11-12-15-21-20(24)19(23)17(2)22-28(25,26)18-14-13-16-27-18/h13-14,16-17,19,22-23H,3-12,15H2,1-2H3,(H,21,24)/t17-,19+/m0/s1. The fourth-order valence-electron chi connectivity index (χ4n) is 2.94. The van der Waals surface area contributed by atoms with Gasteiger partial charge in [0.25, 0.3) is 5.91 Å². The molecule has 0 radical (unpaired) electrons. The Balaban J connectivity index is 2.13. The van der Waals surface area contributed by atoms with Crippen molar-refractivity contribution in [2.45, 2.75) is 94.4 Å². The maximum absolute atomic E-state index is 12.1. The van der Waals surface area contributed by atoms with Gasteiger partial charge in [-0.1, -0.05) is 70.8 Å². The van der Waals surface area contributed by atoms with E-state index >= 15 is 0 Å². The number of unbranched alkanes of at least 4 members (excludes halogenated alkanes) is 9. The summed E-state index contributed by atoms with van der Waals surface area (Å²) in [6, 6.07) is 2.22. The summed E-state index contributed by atoms with van der Waals surface area (Å²) in [5.74, 6) is -0.544. The molecule has 1 rings (SSSR count). The molecule has 0 saturated heterocycles. The number of sulfonamides is 1. The summed E-state index contributed by atoms with van der Waals surface area (Å²) in [4.78, 5) is 12.0. The summed E-state index contributed by atoms with van der Waals surface area (Å²) < 4.78 is 26.8. The van der Waals surface area contributed by atoms with Crippen molar-refractivity contribution in [1.82, 2.24) is 10.0 Å². The second-order valence-electron chi connectivity index (χ2n) is 7.26. The van der Waals surface area contributed by atoms with E-state index in [2.05, 4.69) is 17.0 Å². The molecule has 0 aliphatic carbocycles. The third-order valence-corrected chi connectivity index (χ3v) is 7.63. The number of aliphatic hydroxyl groups is 1. The third kappa shape index (κ3) is 10.0. The largest absolute Gasteiger partial charge is 0.382 e. The Hall–Kier alpha value is -0.960. The molecule has 1 aromatic rings. The Bertz CT molecular complexity index is 633. The van der Waals surface area contributed by atoms with Crippen molar-refractivity contribution in [2.75, 3.05) is 6.54 Å². The first-order chi connectivity index (χ1) is 13.4. The fraction of sp³-hybridized carbons (Fsp3) is 0.750. The molecule has 0 spiro atoms. The van der Waals surface area contributed by atoms with Crippen LogP contribution >= 0.6 is 11.3 Å². The molecule has 1 heterocycles. The Morgan fingerprint density at radius 2 is 1.64 bits per heavy atom. The van der Waals surface area contributed by atoms with Crippen LogP contribution in [0.3, 0.4) is 0 Å². The minimum atomic E-state index is -3.71. The lowest BCUT2D eigenvalue weighted by molar-refractivity contribution is -0.130. The van der Waals surface area contributed by atoms with Crippen LogP contribution in [0.2, 0.25) is 0 Å². The van der Waals surface area contributed by atoms with Gasteiger partial charge in [0, 0.05) is 6.54 Å². The van der Waals surface area contributed by atoms with E-state index in [0.717, 1.165) is 30.6 Å². The van der Waals surface area contributed by atoms with Crippen LogP contribution in [0.4, 0.5) is 0 Å². The van der Waals surface area contributed by atoms with Crippen molar-refractivity contribution in [3.05, 3.63) is 17.5 Å². The first-order valence-electron chi connectivity index (χ1n) is 10.4. The van der Waals surface area contributed by atoms with E-state index in [1.807, 2.05) is 0 Å². The highest BCUT2D eigenvalue weighted by atomic mass is 32.2. The van der Waals surface area contributed by atoms with Crippen LogP contribution in [-0.4, -0.2) is 38.1 Å².